The van der Waals surface area contributed by atoms with E-state index in [1.165, 1.54) is 24.3 Å². The van der Waals surface area contributed by atoms with Crippen molar-refractivity contribution in [2.24, 2.45) is 0 Å². The first-order valence-corrected chi connectivity index (χ1v) is 24.0. The standard InChI is InChI=1S/C17H18O4.2C11H8O4.C7H6O5.2C7H6O4/c1-17(11-10-16(20)21,12-2-6-14(18)7-3-12)13-4-8-15(19)9-5-13;12-9-3-1-2-6-4-8(11(14)15)10(13)5-7(6)9;12-9-5-8(11(14)15)10(13)7-4-2-1-3-6(7)9;8-4-1-3(7(11)12)2-5(9)6(4)10;8-5-1-4(7(10)11)2-6(9)3-5;8-5-2-1-4(7(10)11)3-6(5)9/h2-9,18-19H,10-11H2,1H3,(H,20,21);2*1-5,12-13H,(H,14,15);1-2,8-10H,(H,11,12);2*1-3,8-9H,(H,10,11). The first kappa shape index (κ1) is 65.2. The maximum absolute atomic E-state index is 10.9. The molecule has 0 heterocycles. The van der Waals surface area contributed by atoms with Gasteiger partial charge in [-0.25, -0.2) is 24.0 Å². The number of phenolic OH excluding ortho intramolecular Hbond substituents is 11. The molecule has 9 aromatic rings. The Kier molecular flexibility index (Phi) is 22.1. The SMILES string of the molecule is CC(CCC(=O)O)(c1ccc(O)cc1)c1ccc(O)cc1.O=C(O)c1cc(O)c(O)c(O)c1.O=C(O)c1cc(O)c2ccccc2c1O.O=C(O)c1cc(O)cc(O)c1.O=C(O)c1cc2cccc(O)c2cc1O.O=C(O)c1ccc(O)c(O)c1. The third kappa shape index (κ3) is 17.9. The molecule has 0 spiro atoms. The van der Waals surface area contributed by atoms with Crippen LogP contribution in [0.25, 0.3) is 21.5 Å². The van der Waals surface area contributed by atoms with Crippen LogP contribution in [0.2, 0.25) is 0 Å². The van der Waals surface area contributed by atoms with Crippen LogP contribution < -0.4 is 0 Å². The van der Waals surface area contributed by atoms with E-state index < -0.39 is 64.2 Å². The highest BCUT2D eigenvalue weighted by Gasteiger charge is 2.30. The summed E-state index contributed by atoms with van der Waals surface area (Å²) in [6, 6.07) is 36.6. The van der Waals surface area contributed by atoms with E-state index >= 15 is 0 Å². The molecule has 442 valence electrons. The summed E-state index contributed by atoms with van der Waals surface area (Å²) in [7, 11) is 0. The van der Waals surface area contributed by atoms with Crippen molar-refractivity contribution in [3.8, 4) is 74.7 Å². The molecule has 0 amide bonds. The second kappa shape index (κ2) is 28.7. The van der Waals surface area contributed by atoms with E-state index in [4.69, 9.17) is 66.4 Å². The Morgan fingerprint density at radius 2 is 0.800 bits per heavy atom. The van der Waals surface area contributed by atoms with Crippen LogP contribution in [0.1, 0.15) is 82.7 Å². The number of aliphatic carboxylic acids is 1. The van der Waals surface area contributed by atoms with Crippen molar-refractivity contribution in [2.75, 3.05) is 0 Å². The van der Waals surface area contributed by atoms with Gasteiger partial charge in [-0.2, -0.15) is 0 Å². The number of benzene rings is 9. The van der Waals surface area contributed by atoms with Gasteiger partial charge in [0.1, 0.15) is 57.1 Å². The molecule has 19 N–H and O–H groups in total. The van der Waals surface area contributed by atoms with Gasteiger partial charge in [0.15, 0.2) is 28.7 Å². The topological polar surface area (TPSA) is 487 Å². The fourth-order valence-corrected chi connectivity index (χ4v) is 7.55. The van der Waals surface area contributed by atoms with Gasteiger partial charge in [-0.1, -0.05) is 67.6 Å². The lowest BCUT2D eigenvalue weighted by Gasteiger charge is -2.30. The predicted molar refractivity (Wildman–Crippen MR) is 300 cm³/mol. The second-order valence-electron chi connectivity index (χ2n) is 17.9. The first-order chi connectivity index (χ1) is 39.8. The van der Waals surface area contributed by atoms with Crippen LogP contribution in [0.5, 0.6) is 74.7 Å². The van der Waals surface area contributed by atoms with Gasteiger partial charge >= 0.3 is 35.8 Å². The molecule has 0 saturated carbocycles. The monoisotopic (exact) mass is 1170 g/mol. The van der Waals surface area contributed by atoms with Crippen LogP contribution in [0.3, 0.4) is 0 Å². The predicted octanol–water partition coefficient (Wildman–Crippen LogP) is 9.26. The first-order valence-electron chi connectivity index (χ1n) is 24.0. The molecule has 0 aliphatic rings. The molecular formula is C60H52O25. The number of phenols is 13. The highest BCUT2D eigenvalue weighted by Crippen LogP contribution is 2.39. The van der Waals surface area contributed by atoms with Crippen molar-refractivity contribution < 1.29 is 126 Å². The number of carbonyl (C=O) groups is 6. The zero-order valence-corrected chi connectivity index (χ0v) is 43.9. The Balaban J connectivity index is 0.000000222. The fraction of sp³-hybridized carbons (Fsp3) is 0.0667. The van der Waals surface area contributed by atoms with Crippen LogP contribution in [-0.4, -0.2) is 133 Å². The smallest absolute Gasteiger partial charge is 0.339 e. The Labute approximate surface area is 478 Å². The van der Waals surface area contributed by atoms with E-state index in [1.807, 2.05) is 6.92 Å². The molecule has 0 atom stereocenters. The van der Waals surface area contributed by atoms with E-state index in [0.29, 0.717) is 28.0 Å². The van der Waals surface area contributed by atoms with Gasteiger partial charge < -0.3 is 97.0 Å². The van der Waals surface area contributed by atoms with Crippen LogP contribution in [0, 0.1) is 0 Å². The van der Waals surface area contributed by atoms with Crippen molar-refractivity contribution in [1.29, 1.82) is 0 Å². The summed E-state index contributed by atoms with van der Waals surface area (Å²) >= 11 is 0. The number of aromatic hydroxyl groups is 13. The summed E-state index contributed by atoms with van der Waals surface area (Å²) in [6.07, 6.45) is 0.468. The minimum Gasteiger partial charge on any atom is -0.508 e. The normalized spacial score (nSPS) is 10.3. The van der Waals surface area contributed by atoms with E-state index in [2.05, 4.69) is 0 Å². The summed E-state index contributed by atoms with van der Waals surface area (Å²) in [5, 5.41) is 172. The van der Waals surface area contributed by atoms with Crippen molar-refractivity contribution in [3.05, 3.63) is 197 Å². The molecule has 0 unspecified atom stereocenters. The maximum atomic E-state index is 10.9. The number of fused-ring (bicyclic) bond motifs is 2. The highest BCUT2D eigenvalue weighted by atomic mass is 16.4. The summed E-state index contributed by atoms with van der Waals surface area (Å²) in [5.74, 6) is -10.7. The van der Waals surface area contributed by atoms with Crippen LogP contribution in [0.15, 0.2) is 158 Å². The summed E-state index contributed by atoms with van der Waals surface area (Å²) in [5.41, 5.74) is 0.393. The van der Waals surface area contributed by atoms with Crippen LogP contribution in [0.4, 0.5) is 0 Å². The zero-order valence-electron chi connectivity index (χ0n) is 43.9. The van der Waals surface area contributed by atoms with Gasteiger partial charge in [0.25, 0.3) is 0 Å². The molecule has 0 bridgehead atoms. The van der Waals surface area contributed by atoms with Gasteiger partial charge in [-0.15, -0.1) is 0 Å². The number of carboxylic acids is 6. The van der Waals surface area contributed by atoms with E-state index in [1.54, 1.807) is 84.9 Å². The molecule has 0 aliphatic heterocycles. The number of aromatic carboxylic acids is 5. The number of hydrogen-bond acceptors (Lipinski definition) is 19. The highest BCUT2D eigenvalue weighted by molar-refractivity contribution is 6.03. The quantitative estimate of drug-likeness (QED) is 0.0448. The average molecular weight is 1170 g/mol. The Morgan fingerprint density at radius 3 is 1.26 bits per heavy atom. The van der Waals surface area contributed by atoms with Crippen molar-refractivity contribution in [1.82, 2.24) is 0 Å². The maximum Gasteiger partial charge on any atom is 0.339 e. The number of hydrogen-bond donors (Lipinski definition) is 19. The number of rotatable bonds is 10. The van der Waals surface area contributed by atoms with Crippen LogP contribution in [-0.2, 0) is 10.2 Å². The van der Waals surface area contributed by atoms with E-state index in [0.717, 1.165) is 59.7 Å². The van der Waals surface area contributed by atoms with Gasteiger partial charge in [-0.05, 0) is 114 Å². The lowest BCUT2D eigenvalue weighted by atomic mass is 9.73. The molecule has 85 heavy (non-hydrogen) atoms. The molecule has 25 nitrogen and oxygen atoms in total. The molecule has 0 saturated heterocycles. The minimum atomic E-state index is -1.29. The lowest BCUT2D eigenvalue weighted by molar-refractivity contribution is -0.137. The Morgan fingerprint density at radius 1 is 0.329 bits per heavy atom. The van der Waals surface area contributed by atoms with E-state index in [-0.39, 0.29) is 86.0 Å². The number of carboxylic acid groups (broad SMARTS) is 6. The molecule has 0 radical (unpaired) electrons. The zero-order chi connectivity index (χ0) is 63.6. The van der Waals surface area contributed by atoms with Crippen molar-refractivity contribution in [3.63, 3.8) is 0 Å². The van der Waals surface area contributed by atoms with Gasteiger partial charge in [0.2, 0.25) is 0 Å². The van der Waals surface area contributed by atoms with Gasteiger partial charge in [-0.3, -0.25) is 4.79 Å². The van der Waals surface area contributed by atoms with E-state index in [9.17, 15) is 59.4 Å². The molecule has 0 aromatic heterocycles. The molecule has 25 heteroatoms. The average Bonchev–Trinajstić information content (AvgIpc) is 3.31. The third-order valence-corrected chi connectivity index (χ3v) is 12.0. The lowest BCUT2D eigenvalue weighted by Crippen LogP contribution is -2.24. The summed E-state index contributed by atoms with van der Waals surface area (Å²) < 4.78 is 0. The molecule has 0 fully saturated rings. The fourth-order valence-electron chi connectivity index (χ4n) is 7.55. The summed E-state index contributed by atoms with van der Waals surface area (Å²) in [6.45, 7) is 1.97. The second-order valence-corrected chi connectivity index (χ2v) is 17.9. The Bertz CT molecular complexity index is 3820. The van der Waals surface area contributed by atoms with Crippen molar-refractivity contribution in [2.45, 2.75) is 25.2 Å². The molecule has 9 rings (SSSR count). The third-order valence-electron chi connectivity index (χ3n) is 12.0. The molecule has 0 aliphatic carbocycles. The van der Waals surface area contributed by atoms with Gasteiger partial charge in [0, 0.05) is 34.1 Å². The molecular weight excluding hydrogens is 1120 g/mol. The Hall–Kier alpha value is -12.3. The molecule has 9 aromatic carbocycles. The van der Waals surface area contributed by atoms with Gasteiger partial charge in [0.05, 0.1) is 16.7 Å². The largest absolute Gasteiger partial charge is 0.508 e. The minimum absolute atomic E-state index is 0.0136. The van der Waals surface area contributed by atoms with Crippen LogP contribution >= 0.6 is 0 Å². The summed E-state index contributed by atoms with van der Waals surface area (Å²) in [4.78, 5) is 63.3. The van der Waals surface area contributed by atoms with Crippen molar-refractivity contribution >= 4 is 57.4 Å².